The highest BCUT2D eigenvalue weighted by atomic mass is 32.1. The fourth-order valence-electron chi connectivity index (χ4n) is 3.44. The zero-order chi connectivity index (χ0) is 18.6. The van der Waals surface area contributed by atoms with Crippen molar-refractivity contribution in [2.45, 2.75) is 19.5 Å². The van der Waals surface area contributed by atoms with Crippen LogP contribution in [-0.2, 0) is 6.54 Å². The highest BCUT2D eigenvalue weighted by molar-refractivity contribution is 7.09. The number of para-hydroxylation sites is 1. The molecule has 0 aliphatic carbocycles. The van der Waals surface area contributed by atoms with Gasteiger partial charge in [0.2, 0.25) is 5.82 Å². The Morgan fingerprint density at radius 3 is 2.52 bits per heavy atom. The van der Waals surface area contributed by atoms with Gasteiger partial charge in [0, 0.05) is 5.56 Å². The fourth-order valence-corrected chi connectivity index (χ4v) is 4.24. The molecule has 27 heavy (non-hydrogen) atoms. The standard InChI is InChI=1S/C21H21N5S/c1-16-9-6-7-13-19(16)26-21(22-23-24-26)20(17-10-4-3-5-11-17)25(2)15-18-12-8-14-27-18/h3-14,20H,15H2,1-2H3/p+1/t20-/m0/s1. The number of nitrogens with one attached hydrogen (secondary N) is 1. The van der Waals surface area contributed by atoms with Gasteiger partial charge in [-0.3, -0.25) is 0 Å². The number of tetrazole rings is 1. The molecule has 0 spiro atoms. The SMILES string of the molecule is Cc1ccccc1-n1nnnc1[C@H](c1ccccc1)[NH+](C)Cc1cccs1. The van der Waals surface area contributed by atoms with Crippen molar-refractivity contribution in [1.82, 2.24) is 20.2 Å². The molecule has 4 aromatic rings. The van der Waals surface area contributed by atoms with Gasteiger partial charge in [0.1, 0.15) is 6.54 Å². The monoisotopic (exact) mass is 376 g/mol. The number of aromatic nitrogens is 4. The van der Waals surface area contributed by atoms with Crippen LogP contribution in [0.5, 0.6) is 0 Å². The molecule has 1 N–H and O–H groups in total. The molecule has 2 aromatic carbocycles. The van der Waals surface area contributed by atoms with Gasteiger partial charge in [-0.1, -0.05) is 54.6 Å². The summed E-state index contributed by atoms with van der Waals surface area (Å²) in [4.78, 5) is 2.68. The molecule has 136 valence electrons. The maximum absolute atomic E-state index is 4.45. The van der Waals surface area contributed by atoms with Crippen LogP contribution in [0.4, 0.5) is 0 Å². The highest BCUT2D eigenvalue weighted by Crippen LogP contribution is 2.21. The summed E-state index contributed by atoms with van der Waals surface area (Å²) in [6.45, 7) is 3.00. The number of hydrogen-bond donors (Lipinski definition) is 1. The minimum Gasteiger partial charge on any atom is -0.320 e. The van der Waals surface area contributed by atoms with E-state index in [0.717, 1.165) is 23.6 Å². The predicted octanol–water partition coefficient (Wildman–Crippen LogP) is 2.84. The van der Waals surface area contributed by atoms with Crippen LogP contribution < -0.4 is 4.90 Å². The molecule has 0 aliphatic heterocycles. The lowest BCUT2D eigenvalue weighted by atomic mass is 10.0. The van der Waals surface area contributed by atoms with Crippen LogP contribution in [0.25, 0.3) is 5.69 Å². The Bertz CT molecular complexity index is 994. The number of nitrogens with zero attached hydrogens (tertiary/aromatic N) is 4. The van der Waals surface area contributed by atoms with Crippen molar-refractivity contribution < 1.29 is 4.90 Å². The molecule has 0 fully saturated rings. The lowest BCUT2D eigenvalue weighted by Gasteiger charge is -2.24. The third-order valence-corrected chi connectivity index (χ3v) is 5.63. The third-order valence-electron chi connectivity index (χ3n) is 4.75. The second-order valence-electron chi connectivity index (χ2n) is 6.68. The normalized spacial score (nSPS) is 13.4. The summed E-state index contributed by atoms with van der Waals surface area (Å²) in [5.74, 6) is 0.851. The van der Waals surface area contributed by atoms with Crippen molar-refractivity contribution in [1.29, 1.82) is 0 Å². The summed E-state index contributed by atoms with van der Waals surface area (Å²) in [7, 11) is 2.20. The summed E-state index contributed by atoms with van der Waals surface area (Å²) >= 11 is 1.78. The molecule has 0 aliphatic rings. The largest absolute Gasteiger partial charge is 0.320 e. The van der Waals surface area contributed by atoms with Gasteiger partial charge in [-0.15, -0.1) is 16.4 Å². The fraction of sp³-hybridized carbons (Fsp3) is 0.190. The van der Waals surface area contributed by atoms with Crippen LogP contribution in [0, 0.1) is 6.92 Å². The Balaban J connectivity index is 1.78. The second kappa shape index (κ2) is 7.82. The predicted molar refractivity (Wildman–Crippen MR) is 107 cm³/mol. The van der Waals surface area contributed by atoms with Gasteiger partial charge in [-0.25, -0.2) is 0 Å². The maximum atomic E-state index is 4.45. The smallest absolute Gasteiger partial charge is 0.218 e. The summed E-state index contributed by atoms with van der Waals surface area (Å²) in [6.07, 6.45) is 0. The van der Waals surface area contributed by atoms with Crippen LogP contribution in [0.2, 0.25) is 0 Å². The van der Waals surface area contributed by atoms with E-state index in [-0.39, 0.29) is 6.04 Å². The van der Waals surface area contributed by atoms with E-state index in [0.29, 0.717) is 0 Å². The number of hydrogen-bond acceptors (Lipinski definition) is 4. The van der Waals surface area contributed by atoms with Gasteiger partial charge in [-0.2, -0.15) is 4.68 Å². The summed E-state index contributed by atoms with van der Waals surface area (Å²) in [6, 6.07) is 23.0. The van der Waals surface area contributed by atoms with E-state index < -0.39 is 0 Å². The number of thiophene rings is 1. The molecule has 0 bridgehead atoms. The first-order valence-corrected chi connectivity index (χ1v) is 9.86. The molecule has 0 amide bonds. The Labute approximate surface area is 162 Å². The molecule has 4 rings (SSSR count). The van der Waals surface area contributed by atoms with Gasteiger partial charge in [0.05, 0.1) is 17.6 Å². The van der Waals surface area contributed by atoms with Crippen molar-refractivity contribution >= 4 is 11.3 Å². The molecular weight excluding hydrogens is 354 g/mol. The van der Waals surface area contributed by atoms with Crippen molar-refractivity contribution in [3.63, 3.8) is 0 Å². The maximum Gasteiger partial charge on any atom is 0.218 e. The van der Waals surface area contributed by atoms with E-state index in [4.69, 9.17) is 0 Å². The lowest BCUT2D eigenvalue weighted by molar-refractivity contribution is -0.920. The minimum atomic E-state index is 0.0305. The van der Waals surface area contributed by atoms with Crippen LogP contribution >= 0.6 is 11.3 Å². The van der Waals surface area contributed by atoms with Crippen LogP contribution in [-0.4, -0.2) is 27.3 Å². The second-order valence-corrected chi connectivity index (χ2v) is 7.71. The Kier molecular flexibility index (Phi) is 5.09. The lowest BCUT2D eigenvalue weighted by Crippen LogP contribution is -3.08. The van der Waals surface area contributed by atoms with E-state index in [1.807, 2.05) is 22.9 Å². The van der Waals surface area contributed by atoms with Crippen LogP contribution in [0.1, 0.15) is 27.9 Å². The molecule has 0 saturated carbocycles. The van der Waals surface area contributed by atoms with Crippen LogP contribution in [0.3, 0.4) is 0 Å². The Morgan fingerprint density at radius 2 is 1.78 bits per heavy atom. The molecule has 0 saturated heterocycles. The molecule has 6 heteroatoms. The number of aryl methyl sites for hydroxylation is 1. The van der Waals surface area contributed by atoms with Gasteiger partial charge < -0.3 is 4.90 Å². The third kappa shape index (κ3) is 3.67. The van der Waals surface area contributed by atoms with E-state index in [2.05, 4.69) is 83.4 Å². The molecule has 5 nitrogen and oxygen atoms in total. The Morgan fingerprint density at radius 1 is 1.00 bits per heavy atom. The van der Waals surface area contributed by atoms with Gasteiger partial charge in [0.25, 0.3) is 0 Å². The van der Waals surface area contributed by atoms with Crippen molar-refractivity contribution in [3.05, 3.63) is 93.9 Å². The highest BCUT2D eigenvalue weighted by Gasteiger charge is 2.30. The average Bonchev–Trinajstić information content (AvgIpc) is 3.36. The topological polar surface area (TPSA) is 48.0 Å². The molecule has 2 atom stereocenters. The first kappa shape index (κ1) is 17.6. The first-order valence-electron chi connectivity index (χ1n) is 8.98. The van der Waals surface area contributed by atoms with E-state index >= 15 is 0 Å². The summed E-state index contributed by atoms with van der Waals surface area (Å²) in [5.41, 5.74) is 3.37. The number of quaternary nitrogens is 1. The summed E-state index contributed by atoms with van der Waals surface area (Å²) < 4.78 is 1.88. The quantitative estimate of drug-likeness (QED) is 0.563. The van der Waals surface area contributed by atoms with E-state index in [9.17, 15) is 0 Å². The molecule has 2 aromatic heterocycles. The van der Waals surface area contributed by atoms with E-state index in [1.54, 1.807) is 11.3 Å². The first-order chi connectivity index (χ1) is 13.2. The van der Waals surface area contributed by atoms with E-state index in [1.165, 1.54) is 15.3 Å². The van der Waals surface area contributed by atoms with Crippen molar-refractivity contribution in [2.75, 3.05) is 7.05 Å². The average molecular weight is 377 g/mol. The molecular formula is C21H22N5S+. The number of rotatable bonds is 6. The van der Waals surface area contributed by atoms with Crippen molar-refractivity contribution in [2.24, 2.45) is 0 Å². The minimum absolute atomic E-state index is 0.0305. The zero-order valence-corrected chi connectivity index (χ0v) is 16.2. The Hall–Kier alpha value is -2.83. The molecule has 0 radical (unpaired) electrons. The summed E-state index contributed by atoms with van der Waals surface area (Å²) in [5, 5.41) is 14.9. The zero-order valence-electron chi connectivity index (χ0n) is 15.4. The number of benzene rings is 2. The van der Waals surface area contributed by atoms with Gasteiger partial charge >= 0.3 is 0 Å². The molecule has 1 unspecified atom stereocenters. The van der Waals surface area contributed by atoms with Crippen LogP contribution in [0.15, 0.2) is 72.1 Å². The van der Waals surface area contributed by atoms with Gasteiger partial charge in [0.15, 0.2) is 6.04 Å². The molecule has 2 heterocycles. The van der Waals surface area contributed by atoms with Crippen molar-refractivity contribution in [3.8, 4) is 5.69 Å². The van der Waals surface area contributed by atoms with Gasteiger partial charge in [-0.05, 0) is 40.4 Å².